The first-order chi connectivity index (χ1) is 9.54. The zero-order valence-electron chi connectivity index (χ0n) is 11.3. The zero-order chi connectivity index (χ0) is 14.3. The highest BCUT2D eigenvalue weighted by Gasteiger charge is 2.39. The molecule has 0 aliphatic heterocycles. The number of allylic oxidation sites excluding steroid dienone is 2. The predicted molar refractivity (Wildman–Crippen MR) is 75.6 cm³/mol. The maximum Gasteiger partial charge on any atom is 0.337 e. The predicted octanol–water partition coefficient (Wildman–Crippen LogP) is 2.84. The third-order valence-corrected chi connectivity index (χ3v) is 4.28. The van der Waals surface area contributed by atoms with Crippen molar-refractivity contribution in [1.82, 2.24) is 0 Å². The lowest BCUT2D eigenvalue weighted by Gasteiger charge is -2.18. The highest BCUT2D eigenvalue weighted by molar-refractivity contribution is 6.01. The van der Waals surface area contributed by atoms with Gasteiger partial charge >= 0.3 is 5.97 Å². The number of aromatic carboxylic acids is 1. The van der Waals surface area contributed by atoms with E-state index in [1.54, 1.807) is 12.1 Å². The SMILES string of the molecule is Cc1ccc(NC(=O)C2CC3C=CC2C3)c(C(=O)O)c1. The molecule has 20 heavy (non-hydrogen) atoms. The van der Waals surface area contributed by atoms with Gasteiger partial charge in [-0.05, 0) is 43.7 Å². The summed E-state index contributed by atoms with van der Waals surface area (Å²) in [4.78, 5) is 23.6. The molecule has 2 N–H and O–H groups in total. The third-order valence-electron chi connectivity index (χ3n) is 4.28. The van der Waals surface area contributed by atoms with Gasteiger partial charge in [0.05, 0.1) is 11.3 Å². The number of aryl methyl sites for hydroxylation is 1. The molecule has 0 radical (unpaired) electrons. The monoisotopic (exact) mass is 271 g/mol. The minimum absolute atomic E-state index is 0.0204. The molecular weight excluding hydrogens is 254 g/mol. The Morgan fingerprint density at radius 3 is 2.65 bits per heavy atom. The normalized spacial score (nSPS) is 26.8. The van der Waals surface area contributed by atoms with Gasteiger partial charge in [-0.1, -0.05) is 23.8 Å². The number of carboxylic acids is 1. The average Bonchev–Trinajstić information content (AvgIpc) is 3.03. The molecule has 1 amide bonds. The number of carbonyl (C=O) groups is 2. The molecule has 0 spiro atoms. The Bertz CT molecular complexity index is 606. The van der Waals surface area contributed by atoms with Crippen LogP contribution in [-0.2, 0) is 4.79 Å². The van der Waals surface area contributed by atoms with Crippen molar-refractivity contribution in [3.8, 4) is 0 Å². The Labute approximate surface area is 117 Å². The Balaban J connectivity index is 1.79. The molecule has 104 valence electrons. The van der Waals surface area contributed by atoms with Gasteiger partial charge in [0.25, 0.3) is 0 Å². The van der Waals surface area contributed by atoms with Crippen molar-refractivity contribution < 1.29 is 14.7 Å². The van der Waals surface area contributed by atoms with E-state index in [0.717, 1.165) is 18.4 Å². The molecule has 1 aromatic rings. The highest BCUT2D eigenvalue weighted by Crippen LogP contribution is 2.43. The fourth-order valence-corrected chi connectivity index (χ4v) is 3.25. The molecule has 1 saturated carbocycles. The zero-order valence-corrected chi connectivity index (χ0v) is 11.3. The summed E-state index contributed by atoms with van der Waals surface area (Å²) in [6.45, 7) is 1.83. The summed E-state index contributed by atoms with van der Waals surface area (Å²) in [5.74, 6) is -0.260. The molecule has 3 unspecified atom stereocenters. The summed E-state index contributed by atoms with van der Waals surface area (Å²) < 4.78 is 0. The van der Waals surface area contributed by atoms with Gasteiger partial charge in [-0.3, -0.25) is 4.79 Å². The minimum Gasteiger partial charge on any atom is -0.478 e. The van der Waals surface area contributed by atoms with E-state index in [4.69, 9.17) is 0 Å². The quantitative estimate of drug-likeness (QED) is 0.831. The van der Waals surface area contributed by atoms with E-state index in [9.17, 15) is 14.7 Å². The molecule has 0 heterocycles. The molecule has 2 aliphatic carbocycles. The van der Waals surface area contributed by atoms with Crippen LogP contribution in [-0.4, -0.2) is 17.0 Å². The van der Waals surface area contributed by atoms with Gasteiger partial charge in [-0.2, -0.15) is 0 Å². The van der Waals surface area contributed by atoms with Gasteiger partial charge < -0.3 is 10.4 Å². The van der Waals surface area contributed by atoms with Crippen LogP contribution < -0.4 is 5.32 Å². The number of fused-ring (bicyclic) bond motifs is 2. The average molecular weight is 271 g/mol. The number of hydrogen-bond acceptors (Lipinski definition) is 2. The number of anilines is 1. The molecule has 1 fully saturated rings. The number of carboxylic acid groups (broad SMARTS) is 1. The van der Waals surface area contributed by atoms with E-state index < -0.39 is 5.97 Å². The van der Waals surface area contributed by atoms with Crippen molar-refractivity contribution in [2.45, 2.75) is 19.8 Å². The van der Waals surface area contributed by atoms with E-state index in [1.807, 2.05) is 13.0 Å². The van der Waals surface area contributed by atoms with Crippen molar-refractivity contribution in [1.29, 1.82) is 0 Å². The molecule has 3 rings (SSSR count). The second-order valence-electron chi connectivity index (χ2n) is 5.73. The van der Waals surface area contributed by atoms with Gasteiger partial charge in [-0.25, -0.2) is 4.79 Å². The second kappa shape index (κ2) is 4.78. The molecular formula is C16H17NO3. The third kappa shape index (κ3) is 2.22. The first-order valence-electron chi connectivity index (χ1n) is 6.87. The summed E-state index contributed by atoms with van der Waals surface area (Å²) in [5, 5.41) is 12.0. The summed E-state index contributed by atoms with van der Waals surface area (Å²) in [6.07, 6.45) is 6.23. The molecule has 4 heteroatoms. The smallest absolute Gasteiger partial charge is 0.337 e. The van der Waals surface area contributed by atoms with Crippen LogP contribution in [0.3, 0.4) is 0 Å². The van der Waals surface area contributed by atoms with Crippen LogP contribution >= 0.6 is 0 Å². The van der Waals surface area contributed by atoms with Crippen LogP contribution in [0.5, 0.6) is 0 Å². The molecule has 4 nitrogen and oxygen atoms in total. The molecule has 0 aromatic heterocycles. The van der Waals surface area contributed by atoms with Crippen LogP contribution in [0.15, 0.2) is 30.4 Å². The largest absolute Gasteiger partial charge is 0.478 e. The van der Waals surface area contributed by atoms with Crippen molar-refractivity contribution in [3.05, 3.63) is 41.5 Å². The maximum absolute atomic E-state index is 12.3. The number of carbonyl (C=O) groups excluding carboxylic acids is 1. The topological polar surface area (TPSA) is 66.4 Å². The summed E-state index contributed by atoms with van der Waals surface area (Å²) in [7, 11) is 0. The van der Waals surface area contributed by atoms with Gasteiger partial charge in [0.1, 0.15) is 0 Å². The number of rotatable bonds is 3. The van der Waals surface area contributed by atoms with Crippen LogP contribution in [0.25, 0.3) is 0 Å². The Hall–Kier alpha value is -2.10. The number of nitrogens with one attached hydrogen (secondary N) is 1. The van der Waals surface area contributed by atoms with Gasteiger partial charge in [-0.15, -0.1) is 0 Å². The number of hydrogen-bond donors (Lipinski definition) is 2. The van der Waals surface area contributed by atoms with Crippen molar-refractivity contribution in [2.24, 2.45) is 17.8 Å². The van der Waals surface area contributed by atoms with Gasteiger partial charge in [0, 0.05) is 5.92 Å². The van der Waals surface area contributed by atoms with Crippen molar-refractivity contribution in [3.63, 3.8) is 0 Å². The molecule has 0 saturated heterocycles. The van der Waals surface area contributed by atoms with E-state index in [1.165, 1.54) is 0 Å². The fraction of sp³-hybridized carbons (Fsp3) is 0.375. The standard InChI is InChI=1S/C16H17NO3/c1-9-2-5-14(13(6-9)16(19)20)17-15(18)12-8-10-3-4-11(12)7-10/h2-6,10-12H,7-8H2,1H3,(H,17,18)(H,19,20). The molecule has 1 aromatic carbocycles. The molecule has 2 bridgehead atoms. The second-order valence-corrected chi connectivity index (χ2v) is 5.73. The minimum atomic E-state index is -1.02. The molecule has 3 atom stereocenters. The summed E-state index contributed by atoms with van der Waals surface area (Å²) in [6, 6.07) is 5.06. The maximum atomic E-state index is 12.3. The van der Waals surface area contributed by atoms with Crippen LogP contribution in [0, 0.1) is 24.7 Å². The summed E-state index contributed by atoms with van der Waals surface area (Å²) in [5.41, 5.74) is 1.40. The lowest BCUT2D eigenvalue weighted by molar-refractivity contribution is -0.120. The Morgan fingerprint density at radius 2 is 2.05 bits per heavy atom. The van der Waals surface area contributed by atoms with E-state index in [0.29, 0.717) is 17.5 Å². The van der Waals surface area contributed by atoms with Crippen LogP contribution in [0.2, 0.25) is 0 Å². The first kappa shape index (κ1) is 12.9. The van der Waals surface area contributed by atoms with E-state index >= 15 is 0 Å². The van der Waals surface area contributed by atoms with Gasteiger partial charge in [0.2, 0.25) is 5.91 Å². The number of amides is 1. The van der Waals surface area contributed by atoms with Crippen LogP contribution in [0.1, 0.15) is 28.8 Å². The van der Waals surface area contributed by atoms with Crippen molar-refractivity contribution in [2.75, 3.05) is 5.32 Å². The van der Waals surface area contributed by atoms with E-state index in [-0.39, 0.29) is 17.4 Å². The Kier molecular flexibility index (Phi) is 3.08. The Morgan fingerprint density at radius 1 is 1.25 bits per heavy atom. The van der Waals surface area contributed by atoms with Crippen molar-refractivity contribution >= 4 is 17.6 Å². The van der Waals surface area contributed by atoms with Crippen LogP contribution in [0.4, 0.5) is 5.69 Å². The fourth-order valence-electron chi connectivity index (χ4n) is 3.25. The highest BCUT2D eigenvalue weighted by atomic mass is 16.4. The number of benzene rings is 1. The molecule has 2 aliphatic rings. The van der Waals surface area contributed by atoms with Gasteiger partial charge in [0.15, 0.2) is 0 Å². The lowest BCUT2D eigenvalue weighted by Crippen LogP contribution is -2.26. The lowest BCUT2D eigenvalue weighted by atomic mass is 9.92. The van der Waals surface area contributed by atoms with E-state index in [2.05, 4.69) is 17.5 Å². The first-order valence-corrected chi connectivity index (χ1v) is 6.87. The summed E-state index contributed by atoms with van der Waals surface area (Å²) >= 11 is 0.